The first-order valence-electron chi connectivity index (χ1n) is 9.44. The van der Waals surface area contributed by atoms with Crippen molar-refractivity contribution in [1.29, 1.82) is 0 Å². The summed E-state index contributed by atoms with van der Waals surface area (Å²) in [5, 5.41) is 12.7. The highest BCUT2D eigenvalue weighted by Gasteiger charge is 2.43. The van der Waals surface area contributed by atoms with Crippen molar-refractivity contribution < 1.29 is 31.4 Å². The minimum Gasteiger partial charge on any atom is -0.516 e. The summed E-state index contributed by atoms with van der Waals surface area (Å²) in [6.45, 7) is 1.10. The third-order valence-corrected chi connectivity index (χ3v) is 5.69. The molecule has 30 heavy (non-hydrogen) atoms. The fourth-order valence-electron chi connectivity index (χ4n) is 4.28. The number of allylic oxidation sites excluding steroid dienone is 1. The first kappa shape index (κ1) is 22.2. The number of alkyl halides is 6. The van der Waals surface area contributed by atoms with Crippen LogP contribution in [-0.4, -0.2) is 18.2 Å². The molecule has 1 atom stereocenters. The van der Waals surface area contributed by atoms with Crippen molar-refractivity contribution in [2.24, 2.45) is 0 Å². The Morgan fingerprint density at radius 2 is 1.40 bits per heavy atom. The zero-order valence-corrected chi connectivity index (χ0v) is 15.9. The second-order valence-electron chi connectivity index (χ2n) is 7.43. The second-order valence-corrected chi connectivity index (χ2v) is 7.43. The van der Waals surface area contributed by atoms with Gasteiger partial charge in [-0.1, -0.05) is 30.3 Å². The maximum atomic E-state index is 13.4. The lowest BCUT2D eigenvalue weighted by Crippen LogP contribution is -2.43. The Morgan fingerprint density at radius 3 is 1.87 bits per heavy atom. The molecule has 0 radical (unpaired) electrons. The number of piperidine rings is 1. The van der Waals surface area contributed by atoms with Crippen LogP contribution in [0.3, 0.4) is 0 Å². The maximum absolute atomic E-state index is 13.4. The van der Waals surface area contributed by atoms with Crippen molar-refractivity contribution in [2.45, 2.75) is 36.5 Å². The molecule has 2 nitrogen and oxygen atoms in total. The molecule has 2 N–H and O–H groups in total. The van der Waals surface area contributed by atoms with Crippen LogP contribution in [0.5, 0.6) is 0 Å². The van der Waals surface area contributed by atoms with Crippen molar-refractivity contribution in [1.82, 2.24) is 5.32 Å². The summed E-state index contributed by atoms with van der Waals surface area (Å²) in [5.74, 6) is -0.879. The Labute approximate surface area is 170 Å². The van der Waals surface area contributed by atoms with Gasteiger partial charge in [0.25, 0.3) is 0 Å². The van der Waals surface area contributed by atoms with Crippen LogP contribution in [0.4, 0.5) is 26.3 Å². The lowest BCUT2D eigenvalue weighted by atomic mass is 9.62. The molecule has 8 heteroatoms. The lowest BCUT2D eigenvalue weighted by Gasteiger charge is -2.44. The second kappa shape index (κ2) is 8.34. The molecule has 0 bridgehead atoms. The molecule has 0 saturated carbocycles. The number of hydrogen-bond acceptors (Lipinski definition) is 2. The summed E-state index contributed by atoms with van der Waals surface area (Å²) in [7, 11) is 0. The minimum atomic E-state index is -4.93. The Kier molecular flexibility index (Phi) is 6.17. The van der Waals surface area contributed by atoms with E-state index >= 15 is 0 Å². The van der Waals surface area contributed by atoms with Gasteiger partial charge in [0.05, 0.1) is 17.4 Å². The summed E-state index contributed by atoms with van der Waals surface area (Å²) in [5.41, 5.74) is -2.81. The summed E-state index contributed by atoms with van der Waals surface area (Å²) >= 11 is 0. The number of aliphatic hydroxyl groups is 1. The molecule has 0 spiro atoms. The van der Waals surface area contributed by atoms with Gasteiger partial charge in [0.1, 0.15) is 0 Å². The van der Waals surface area contributed by atoms with Gasteiger partial charge < -0.3 is 10.4 Å². The number of halogens is 6. The van der Waals surface area contributed by atoms with E-state index in [2.05, 4.69) is 5.32 Å². The van der Waals surface area contributed by atoms with Crippen molar-refractivity contribution in [3.8, 4) is 0 Å². The SMILES string of the molecule is OC=CC(c1cc(C(F)(F)F)cc(C(F)(F)F)c1)C1(c2ccccc2)CCNCC1. The Bertz CT molecular complexity index is 850. The van der Waals surface area contributed by atoms with Crippen LogP contribution in [0.15, 0.2) is 60.9 Å². The number of aliphatic hydroxyl groups excluding tert-OH is 1. The minimum absolute atomic E-state index is 0.126. The molecular weight excluding hydrogens is 408 g/mol. The van der Waals surface area contributed by atoms with Crippen LogP contribution in [0, 0.1) is 0 Å². The lowest BCUT2D eigenvalue weighted by molar-refractivity contribution is -0.143. The first-order valence-corrected chi connectivity index (χ1v) is 9.44. The number of hydrogen-bond donors (Lipinski definition) is 2. The molecule has 2 aromatic carbocycles. The van der Waals surface area contributed by atoms with Gasteiger partial charge in [-0.15, -0.1) is 0 Å². The van der Waals surface area contributed by atoms with Crippen LogP contribution in [0.1, 0.15) is 41.0 Å². The fraction of sp³-hybridized carbons (Fsp3) is 0.364. The average molecular weight is 429 g/mol. The van der Waals surface area contributed by atoms with Gasteiger partial charge >= 0.3 is 12.4 Å². The monoisotopic (exact) mass is 429 g/mol. The molecule has 0 aliphatic carbocycles. The van der Waals surface area contributed by atoms with E-state index in [0.29, 0.717) is 32.2 Å². The molecule has 1 unspecified atom stereocenters. The van der Waals surface area contributed by atoms with Gasteiger partial charge in [-0.3, -0.25) is 0 Å². The van der Waals surface area contributed by atoms with Crippen molar-refractivity contribution in [3.63, 3.8) is 0 Å². The van der Waals surface area contributed by atoms with E-state index in [1.165, 1.54) is 6.08 Å². The van der Waals surface area contributed by atoms with Gasteiger partial charge in [-0.25, -0.2) is 0 Å². The molecular formula is C22H21F6NO. The molecule has 1 heterocycles. The predicted octanol–water partition coefficient (Wildman–Crippen LogP) is 6.20. The van der Waals surface area contributed by atoms with Gasteiger partial charge in [-0.05, 0) is 61.3 Å². The van der Waals surface area contributed by atoms with Gasteiger partial charge in [0, 0.05) is 11.3 Å². The van der Waals surface area contributed by atoms with E-state index < -0.39 is 34.8 Å². The molecule has 0 aromatic heterocycles. The summed E-state index contributed by atoms with van der Waals surface area (Å²) in [4.78, 5) is 0. The van der Waals surface area contributed by atoms with Crippen LogP contribution < -0.4 is 5.32 Å². The fourth-order valence-corrected chi connectivity index (χ4v) is 4.28. The van der Waals surface area contributed by atoms with E-state index in [4.69, 9.17) is 0 Å². The highest BCUT2D eigenvalue weighted by atomic mass is 19.4. The summed E-state index contributed by atoms with van der Waals surface area (Å²) in [6, 6.07) is 10.6. The van der Waals surface area contributed by atoms with E-state index in [0.717, 1.165) is 17.7 Å². The van der Waals surface area contributed by atoms with Gasteiger partial charge in [0.15, 0.2) is 0 Å². The third kappa shape index (κ3) is 4.48. The van der Waals surface area contributed by atoms with Crippen LogP contribution >= 0.6 is 0 Å². The molecule has 1 aliphatic rings. The predicted molar refractivity (Wildman–Crippen MR) is 101 cm³/mol. The summed E-state index contributed by atoms with van der Waals surface area (Å²) < 4.78 is 80.4. The first-order chi connectivity index (χ1) is 14.1. The van der Waals surface area contributed by atoms with Gasteiger partial charge in [0.2, 0.25) is 0 Å². The zero-order valence-electron chi connectivity index (χ0n) is 15.9. The molecule has 162 valence electrons. The molecule has 0 amide bonds. The highest BCUT2D eigenvalue weighted by molar-refractivity contribution is 5.42. The van der Waals surface area contributed by atoms with Crippen LogP contribution in [0.25, 0.3) is 0 Å². The topological polar surface area (TPSA) is 32.3 Å². The highest BCUT2D eigenvalue weighted by Crippen LogP contribution is 2.48. The average Bonchev–Trinajstić information content (AvgIpc) is 2.71. The van der Waals surface area contributed by atoms with E-state index in [1.807, 2.05) is 12.1 Å². The van der Waals surface area contributed by atoms with E-state index in [1.54, 1.807) is 18.2 Å². The molecule has 1 fully saturated rings. The smallest absolute Gasteiger partial charge is 0.416 e. The number of rotatable bonds is 4. The maximum Gasteiger partial charge on any atom is 0.416 e. The standard InChI is InChI=1S/C22H21F6NO/c23-21(24,25)17-12-15(13-18(14-17)22(26,27)28)19(6-11-30)20(7-9-29-10-8-20)16-4-2-1-3-5-16/h1-6,11-14,19,29-30H,7-10H2. The van der Waals surface area contributed by atoms with Gasteiger partial charge in [-0.2, -0.15) is 26.3 Å². The van der Waals surface area contributed by atoms with E-state index in [-0.39, 0.29) is 11.6 Å². The molecule has 1 saturated heterocycles. The van der Waals surface area contributed by atoms with Crippen LogP contribution in [-0.2, 0) is 17.8 Å². The Hall–Kier alpha value is -2.48. The van der Waals surface area contributed by atoms with Crippen LogP contribution in [0.2, 0.25) is 0 Å². The normalized spacial score (nSPS) is 18.5. The number of nitrogens with one attached hydrogen (secondary N) is 1. The third-order valence-electron chi connectivity index (χ3n) is 5.69. The van der Waals surface area contributed by atoms with E-state index in [9.17, 15) is 31.4 Å². The largest absolute Gasteiger partial charge is 0.516 e. The quantitative estimate of drug-likeness (QED) is 0.448. The zero-order chi connectivity index (χ0) is 22.0. The summed E-state index contributed by atoms with van der Waals surface area (Å²) in [6.07, 6.45) is -6.90. The molecule has 2 aromatic rings. The van der Waals surface area contributed by atoms with Crippen molar-refractivity contribution >= 4 is 0 Å². The Balaban J connectivity index is 2.25. The molecule has 1 aliphatic heterocycles. The number of benzene rings is 2. The Morgan fingerprint density at radius 1 is 0.867 bits per heavy atom. The molecule has 3 rings (SSSR count). The van der Waals surface area contributed by atoms with Crippen molar-refractivity contribution in [3.05, 3.63) is 83.1 Å². The van der Waals surface area contributed by atoms with Crippen molar-refractivity contribution in [2.75, 3.05) is 13.1 Å².